The lowest BCUT2D eigenvalue weighted by molar-refractivity contribution is 0.122. The van der Waals surface area contributed by atoms with Crippen LogP contribution in [0.5, 0.6) is 0 Å². The lowest BCUT2D eigenvalue weighted by Crippen LogP contribution is -2.37. The van der Waals surface area contributed by atoms with Gasteiger partial charge in [-0.1, -0.05) is 12.1 Å². The smallest absolute Gasteiger partial charge is 0.228 e. The number of aryl methyl sites for hydroxylation is 1. The molecule has 0 bridgehead atoms. The first-order valence-electron chi connectivity index (χ1n) is 11.1. The largest absolute Gasteiger partial charge is 0.378 e. The number of rotatable bonds is 5. The highest BCUT2D eigenvalue weighted by Gasteiger charge is 2.17. The highest BCUT2D eigenvalue weighted by Crippen LogP contribution is 2.28. The molecule has 0 saturated carbocycles. The van der Waals surface area contributed by atoms with Gasteiger partial charge in [0.05, 0.1) is 48.7 Å². The van der Waals surface area contributed by atoms with Gasteiger partial charge in [-0.15, -0.1) is 0 Å². The molecule has 170 valence electrons. The molecule has 2 aromatic carbocycles. The van der Waals surface area contributed by atoms with Gasteiger partial charge in [-0.05, 0) is 30.3 Å². The van der Waals surface area contributed by atoms with E-state index in [2.05, 4.69) is 43.7 Å². The van der Waals surface area contributed by atoms with Crippen LogP contribution in [0.2, 0.25) is 0 Å². The first-order valence-corrected chi connectivity index (χ1v) is 11.1. The van der Waals surface area contributed by atoms with Gasteiger partial charge in [0.2, 0.25) is 5.95 Å². The summed E-state index contributed by atoms with van der Waals surface area (Å²) in [7, 11) is 1.95. The molecule has 1 aliphatic rings. The van der Waals surface area contributed by atoms with E-state index in [9.17, 15) is 0 Å². The number of nitrogens with zero attached hydrogens (tertiary/aromatic N) is 8. The molecule has 0 spiro atoms. The van der Waals surface area contributed by atoms with Gasteiger partial charge in [0.1, 0.15) is 5.82 Å². The second-order valence-electron chi connectivity index (χ2n) is 8.07. The maximum absolute atomic E-state index is 5.52. The Morgan fingerprint density at radius 3 is 2.47 bits per heavy atom. The normalized spacial score (nSPS) is 14.0. The monoisotopic (exact) mass is 453 g/mol. The van der Waals surface area contributed by atoms with E-state index in [1.165, 1.54) is 0 Å². The number of hydrogen-bond donors (Lipinski definition) is 1. The van der Waals surface area contributed by atoms with Crippen LogP contribution in [-0.4, -0.2) is 61.0 Å². The van der Waals surface area contributed by atoms with E-state index >= 15 is 0 Å². The van der Waals surface area contributed by atoms with Crippen molar-refractivity contribution in [1.82, 2.24) is 34.7 Å². The van der Waals surface area contributed by atoms with Gasteiger partial charge in [-0.2, -0.15) is 25.1 Å². The molecule has 5 aromatic rings. The average molecular weight is 454 g/mol. The molecule has 1 aliphatic heterocycles. The number of morpholine rings is 1. The molecule has 0 atom stereocenters. The zero-order valence-electron chi connectivity index (χ0n) is 18.7. The fourth-order valence-electron chi connectivity index (χ4n) is 4.03. The molecule has 10 nitrogen and oxygen atoms in total. The molecule has 0 aliphatic carbocycles. The van der Waals surface area contributed by atoms with Gasteiger partial charge in [-0.25, -0.2) is 4.98 Å². The summed E-state index contributed by atoms with van der Waals surface area (Å²) < 4.78 is 7.39. The second kappa shape index (κ2) is 8.56. The van der Waals surface area contributed by atoms with Crippen LogP contribution < -0.4 is 10.2 Å². The molecule has 3 aromatic heterocycles. The van der Waals surface area contributed by atoms with Crippen molar-refractivity contribution in [3.63, 3.8) is 0 Å². The predicted molar refractivity (Wildman–Crippen MR) is 129 cm³/mol. The molecule has 10 heteroatoms. The van der Waals surface area contributed by atoms with Crippen molar-refractivity contribution in [2.45, 2.75) is 0 Å². The van der Waals surface area contributed by atoms with Gasteiger partial charge in [0.25, 0.3) is 0 Å². The van der Waals surface area contributed by atoms with Gasteiger partial charge in [-0.3, -0.25) is 4.68 Å². The van der Waals surface area contributed by atoms with Crippen molar-refractivity contribution in [1.29, 1.82) is 0 Å². The van der Waals surface area contributed by atoms with Gasteiger partial charge in [0, 0.05) is 42.8 Å². The second-order valence-corrected chi connectivity index (χ2v) is 8.07. The number of anilines is 3. The fourth-order valence-corrected chi connectivity index (χ4v) is 4.03. The molecule has 0 amide bonds. The minimum atomic E-state index is 0.667. The Hall–Kier alpha value is -4.31. The molecule has 0 unspecified atom stereocenters. The van der Waals surface area contributed by atoms with Crippen LogP contribution in [0.25, 0.3) is 27.8 Å². The van der Waals surface area contributed by atoms with E-state index in [1.54, 1.807) is 17.2 Å². The molecule has 1 fully saturated rings. The summed E-state index contributed by atoms with van der Waals surface area (Å²) in [6.45, 7) is 2.85. The van der Waals surface area contributed by atoms with Crippen LogP contribution in [0.15, 0.2) is 67.1 Å². The number of aromatic nitrogens is 7. The molecule has 1 saturated heterocycles. The lowest BCUT2D eigenvalue weighted by atomic mass is 10.1. The summed E-state index contributed by atoms with van der Waals surface area (Å²) >= 11 is 0. The predicted octanol–water partition coefficient (Wildman–Crippen LogP) is 3.19. The van der Waals surface area contributed by atoms with Crippen molar-refractivity contribution >= 4 is 28.4 Å². The quantitative estimate of drug-likeness (QED) is 0.433. The van der Waals surface area contributed by atoms with Crippen molar-refractivity contribution in [2.75, 3.05) is 36.5 Å². The SMILES string of the molecule is Cn1ncc2ccc(-c3cc(Nc4ccc(-n5nccn5)cc4)nc(N4CCOCC4)n3)cc21. The third-order valence-electron chi connectivity index (χ3n) is 5.84. The fraction of sp³-hybridized carbons (Fsp3) is 0.208. The maximum Gasteiger partial charge on any atom is 0.228 e. The molecular formula is C24H23N9O. The number of benzene rings is 2. The number of fused-ring (bicyclic) bond motifs is 1. The Morgan fingerprint density at radius 1 is 0.882 bits per heavy atom. The minimum absolute atomic E-state index is 0.667. The topological polar surface area (TPSA) is 98.8 Å². The van der Waals surface area contributed by atoms with Crippen molar-refractivity contribution in [3.8, 4) is 16.9 Å². The Bertz CT molecular complexity index is 1420. The van der Waals surface area contributed by atoms with E-state index in [4.69, 9.17) is 14.7 Å². The van der Waals surface area contributed by atoms with E-state index in [-0.39, 0.29) is 0 Å². The Balaban J connectivity index is 1.36. The number of hydrogen-bond acceptors (Lipinski definition) is 8. The van der Waals surface area contributed by atoms with Crippen molar-refractivity contribution in [3.05, 3.63) is 67.1 Å². The Kier molecular flexibility index (Phi) is 5.11. The summed E-state index contributed by atoms with van der Waals surface area (Å²) in [5, 5.41) is 17.2. The van der Waals surface area contributed by atoms with Gasteiger partial charge >= 0.3 is 0 Å². The maximum atomic E-state index is 5.52. The van der Waals surface area contributed by atoms with Gasteiger partial charge in [0.15, 0.2) is 0 Å². The third kappa shape index (κ3) is 3.95. The van der Waals surface area contributed by atoms with Gasteiger partial charge < -0.3 is 15.0 Å². The zero-order valence-corrected chi connectivity index (χ0v) is 18.7. The Morgan fingerprint density at radius 2 is 1.68 bits per heavy atom. The molecular weight excluding hydrogens is 430 g/mol. The molecule has 6 rings (SSSR count). The number of ether oxygens (including phenoxy) is 1. The first-order chi connectivity index (χ1) is 16.7. The molecule has 34 heavy (non-hydrogen) atoms. The van der Waals surface area contributed by atoms with Crippen LogP contribution in [0.3, 0.4) is 0 Å². The van der Waals surface area contributed by atoms with E-state index in [0.717, 1.165) is 52.4 Å². The standard InChI is InChI=1S/C24H23N9O/c1-31-22-14-17(2-3-18(22)16-27-31)21-15-23(30-24(29-21)32-10-12-34-13-11-32)28-19-4-6-20(7-5-19)33-25-8-9-26-33/h2-9,14-16H,10-13H2,1H3,(H,28,29,30). The highest BCUT2D eigenvalue weighted by molar-refractivity contribution is 5.84. The summed E-state index contributed by atoms with van der Waals surface area (Å²) in [4.78, 5) is 13.5. The van der Waals surface area contributed by atoms with E-state index < -0.39 is 0 Å². The third-order valence-corrected chi connectivity index (χ3v) is 5.84. The number of nitrogens with one attached hydrogen (secondary N) is 1. The zero-order chi connectivity index (χ0) is 22.9. The van der Waals surface area contributed by atoms with Crippen LogP contribution in [-0.2, 0) is 11.8 Å². The van der Waals surface area contributed by atoms with Crippen LogP contribution in [0.4, 0.5) is 17.5 Å². The van der Waals surface area contributed by atoms with E-state index in [1.807, 2.05) is 48.3 Å². The highest BCUT2D eigenvalue weighted by atomic mass is 16.5. The Labute approximate surface area is 195 Å². The lowest BCUT2D eigenvalue weighted by Gasteiger charge is -2.27. The summed E-state index contributed by atoms with van der Waals surface area (Å²) in [5.41, 5.74) is 4.71. The van der Waals surface area contributed by atoms with Crippen molar-refractivity contribution < 1.29 is 4.74 Å². The first kappa shape index (κ1) is 20.3. The average Bonchev–Trinajstić information content (AvgIpc) is 3.55. The molecule has 4 heterocycles. The molecule has 0 radical (unpaired) electrons. The van der Waals surface area contributed by atoms with Crippen LogP contribution >= 0.6 is 0 Å². The van der Waals surface area contributed by atoms with E-state index in [0.29, 0.717) is 19.2 Å². The minimum Gasteiger partial charge on any atom is -0.378 e. The van der Waals surface area contributed by atoms with Crippen LogP contribution in [0.1, 0.15) is 0 Å². The van der Waals surface area contributed by atoms with Crippen molar-refractivity contribution in [2.24, 2.45) is 7.05 Å². The summed E-state index contributed by atoms with van der Waals surface area (Å²) in [6, 6.07) is 16.1. The summed E-state index contributed by atoms with van der Waals surface area (Å²) in [5.74, 6) is 1.41. The van der Waals surface area contributed by atoms with Crippen LogP contribution in [0, 0.1) is 0 Å². The molecule has 1 N–H and O–H groups in total. The summed E-state index contributed by atoms with van der Waals surface area (Å²) in [6.07, 6.45) is 5.18.